The van der Waals surface area contributed by atoms with E-state index in [1.54, 1.807) is 0 Å². The zero-order chi connectivity index (χ0) is 9.84. The van der Waals surface area contributed by atoms with Gasteiger partial charge in [0.1, 0.15) is 5.78 Å². The van der Waals surface area contributed by atoms with Crippen LogP contribution < -0.4 is 0 Å². The summed E-state index contributed by atoms with van der Waals surface area (Å²) in [6.07, 6.45) is 3.42. The SMILES string of the molecule is CC(=O)CC(=O)N1CCCC[C@H]1C. The molecule has 1 amide bonds. The van der Waals surface area contributed by atoms with Gasteiger partial charge in [0.25, 0.3) is 0 Å². The number of carbonyl (C=O) groups excluding carboxylic acids is 2. The number of piperidine rings is 1. The molecule has 1 saturated heterocycles. The summed E-state index contributed by atoms with van der Waals surface area (Å²) in [4.78, 5) is 24.1. The topological polar surface area (TPSA) is 37.4 Å². The number of ketones is 1. The monoisotopic (exact) mass is 183 g/mol. The zero-order valence-corrected chi connectivity index (χ0v) is 8.38. The zero-order valence-electron chi connectivity index (χ0n) is 8.38. The number of amides is 1. The van der Waals surface area contributed by atoms with Gasteiger partial charge in [-0.3, -0.25) is 9.59 Å². The predicted molar refractivity (Wildman–Crippen MR) is 50.3 cm³/mol. The number of rotatable bonds is 2. The molecule has 1 atom stereocenters. The van der Waals surface area contributed by atoms with Crippen molar-refractivity contribution in [1.29, 1.82) is 0 Å². The van der Waals surface area contributed by atoms with E-state index in [4.69, 9.17) is 0 Å². The summed E-state index contributed by atoms with van der Waals surface area (Å²) in [7, 11) is 0. The van der Waals surface area contributed by atoms with Crippen LogP contribution in [-0.2, 0) is 9.59 Å². The summed E-state index contributed by atoms with van der Waals surface area (Å²) in [5, 5.41) is 0. The lowest BCUT2D eigenvalue weighted by molar-refractivity contribution is -0.137. The first-order chi connectivity index (χ1) is 6.11. The molecule has 0 aromatic carbocycles. The minimum atomic E-state index is -0.0391. The average molecular weight is 183 g/mol. The number of Topliss-reactive ketones (excluding diaryl/α,β-unsaturated/α-hetero) is 1. The van der Waals surface area contributed by atoms with Gasteiger partial charge in [0.05, 0.1) is 6.42 Å². The third-order valence-electron chi connectivity index (χ3n) is 2.52. The van der Waals surface area contributed by atoms with Crippen LogP contribution >= 0.6 is 0 Å². The van der Waals surface area contributed by atoms with Crippen LogP contribution in [0.25, 0.3) is 0 Å². The molecule has 0 aromatic heterocycles. The highest BCUT2D eigenvalue weighted by atomic mass is 16.2. The average Bonchev–Trinajstić information content (AvgIpc) is 2.03. The Morgan fingerprint density at radius 2 is 2.08 bits per heavy atom. The Bertz CT molecular complexity index is 213. The van der Waals surface area contributed by atoms with Crippen molar-refractivity contribution in [3.8, 4) is 0 Å². The first-order valence-electron chi connectivity index (χ1n) is 4.90. The lowest BCUT2D eigenvalue weighted by Gasteiger charge is -2.33. The second kappa shape index (κ2) is 4.40. The molecule has 1 rings (SSSR count). The van der Waals surface area contributed by atoms with Crippen molar-refractivity contribution in [2.45, 2.75) is 45.6 Å². The molecule has 1 aliphatic heterocycles. The molecule has 74 valence electrons. The van der Waals surface area contributed by atoms with Gasteiger partial charge in [-0.15, -0.1) is 0 Å². The van der Waals surface area contributed by atoms with E-state index < -0.39 is 0 Å². The van der Waals surface area contributed by atoms with Crippen LogP contribution in [0, 0.1) is 0 Å². The van der Waals surface area contributed by atoms with E-state index in [1.807, 2.05) is 4.90 Å². The lowest BCUT2D eigenvalue weighted by Crippen LogP contribution is -2.42. The van der Waals surface area contributed by atoms with Crippen molar-refractivity contribution in [2.24, 2.45) is 0 Å². The van der Waals surface area contributed by atoms with Gasteiger partial charge in [-0.25, -0.2) is 0 Å². The first-order valence-corrected chi connectivity index (χ1v) is 4.90. The molecule has 0 aromatic rings. The molecule has 0 N–H and O–H groups in total. The smallest absolute Gasteiger partial charge is 0.230 e. The fourth-order valence-corrected chi connectivity index (χ4v) is 1.78. The molecule has 0 spiro atoms. The standard InChI is InChI=1S/C10H17NO2/c1-8-5-3-4-6-11(8)10(13)7-9(2)12/h8H,3-7H2,1-2H3/t8-/m1/s1. The molecule has 0 saturated carbocycles. The molecule has 1 fully saturated rings. The highest BCUT2D eigenvalue weighted by molar-refractivity contribution is 5.96. The summed E-state index contributed by atoms with van der Waals surface area (Å²) in [5.74, 6) is -0.0394. The Hall–Kier alpha value is -0.860. The largest absolute Gasteiger partial charge is 0.340 e. The molecule has 3 nitrogen and oxygen atoms in total. The lowest BCUT2D eigenvalue weighted by atomic mass is 10.0. The van der Waals surface area contributed by atoms with Gasteiger partial charge in [-0.05, 0) is 33.1 Å². The Morgan fingerprint density at radius 1 is 1.38 bits per heavy atom. The molecule has 1 heterocycles. The van der Waals surface area contributed by atoms with Crippen LogP contribution in [0.5, 0.6) is 0 Å². The molecule has 3 heteroatoms. The highest BCUT2D eigenvalue weighted by Gasteiger charge is 2.23. The third kappa shape index (κ3) is 2.83. The Labute approximate surface area is 79.1 Å². The van der Waals surface area contributed by atoms with Crippen LogP contribution in [0.1, 0.15) is 39.5 Å². The first kappa shape index (κ1) is 10.2. The molecule has 0 aliphatic carbocycles. The van der Waals surface area contributed by atoms with Crippen molar-refractivity contribution in [1.82, 2.24) is 4.90 Å². The summed E-state index contributed by atoms with van der Waals surface area (Å²) in [6, 6.07) is 0.320. The Kier molecular flexibility index (Phi) is 3.46. The molecular weight excluding hydrogens is 166 g/mol. The number of hydrogen-bond acceptors (Lipinski definition) is 2. The van der Waals surface area contributed by atoms with Crippen LogP contribution in [0.4, 0.5) is 0 Å². The van der Waals surface area contributed by atoms with E-state index in [0.29, 0.717) is 6.04 Å². The van der Waals surface area contributed by atoms with Crippen molar-refractivity contribution in [3.05, 3.63) is 0 Å². The van der Waals surface area contributed by atoms with E-state index in [1.165, 1.54) is 13.3 Å². The molecule has 13 heavy (non-hydrogen) atoms. The van der Waals surface area contributed by atoms with Crippen LogP contribution in [0.2, 0.25) is 0 Å². The summed E-state index contributed by atoms with van der Waals surface area (Å²) in [6.45, 7) is 4.34. The molecule has 1 aliphatic rings. The van der Waals surface area contributed by atoms with Crippen molar-refractivity contribution < 1.29 is 9.59 Å². The second-order valence-corrected chi connectivity index (χ2v) is 3.81. The fraction of sp³-hybridized carbons (Fsp3) is 0.800. The van der Waals surface area contributed by atoms with E-state index in [9.17, 15) is 9.59 Å². The highest BCUT2D eigenvalue weighted by Crippen LogP contribution is 2.17. The van der Waals surface area contributed by atoms with Gasteiger partial charge >= 0.3 is 0 Å². The maximum absolute atomic E-state index is 11.5. The Balaban J connectivity index is 2.48. The van der Waals surface area contributed by atoms with Gasteiger partial charge in [-0.1, -0.05) is 0 Å². The van der Waals surface area contributed by atoms with Crippen LogP contribution in [0.15, 0.2) is 0 Å². The molecule has 0 unspecified atom stereocenters. The van der Waals surface area contributed by atoms with Gasteiger partial charge in [0.15, 0.2) is 0 Å². The maximum Gasteiger partial charge on any atom is 0.230 e. The third-order valence-corrected chi connectivity index (χ3v) is 2.52. The van der Waals surface area contributed by atoms with E-state index >= 15 is 0 Å². The summed E-state index contributed by atoms with van der Waals surface area (Å²) < 4.78 is 0. The van der Waals surface area contributed by atoms with Gasteiger partial charge in [-0.2, -0.15) is 0 Å². The molecule has 0 bridgehead atoms. The molecular formula is C10H17NO2. The van der Waals surface area contributed by atoms with E-state index in [-0.39, 0.29) is 18.1 Å². The number of hydrogen-bond donors (Lipinski definition) is 0. The van der Waals surface area contributed by atoms with E-state index in [2.05, 4.69) is 6.92 Å². The van der Waals surface area contributed by atoms with Crippen LogP contribution in [0.3, 0.4) is 0 Å². The minimum absolute atomic E-state index is 0.000278. The summed E-state index contributed by atoms with van der Waals surface area (Å²) in [5.41, 5.74) is 0. The number of carbonyl (C=O) groups is 2. The van der Waals surface area contributed by atoms with Crippen molar-refractivity contribution in [2.75, 3.05) is 6.54 Å². The fourth-order valence-electron chi connectivity index (χ4n) is 1.78. The molecule has 0 radical (unpaired) electrons. The summed E-state index contributed by atoms with van der Waals surface area (Å²) >= 11 is 0. The number of nitrogens with zero attached hydrogens (tertiary/aromatic N) is 1. The van der Waals surface area contributed by atoms with Crippen molar-refractivity contribution >= 4 is 11.7 Å². The van der Waals surface area contributed by atoms with Crippen molar-refractivity contribution in [3.63, 3.8) is 0 Å². The predicted octanol–water partition coefficient (Wildman–Crippen LogP) is 1.37. The maximum atomic E-state index is 11.5. The van der Waals surface area contributed by atoms with Gasteiger partial charge in [0.2, 0.25) is 5.91 Å². The second-order valence-electron chi connectivity index (χ2n) is 3.81. The quantitative estimate of drug-likeness (QED) is 0.606. The van der Waals surface area contributed by atoms with Crippen LogP contribution in [-0.4, -0.2) is 29.2 Å². The van der Waals surface area contributed by atoms with Gasteiger partial charge in [0, 0.05) is 12.6 Å². The normalized spacial score (nSPS) is 22.9. The Morgan fingerprint density at radius 3 is 2.62 bits per heavy atom. The van der Waals surface area contributed by atoms with E-state index in [0.717, 1.165) is 19.4 Å². The minimum Gasteiger partial charge on any atom is -0.340 e. The van der Waals surface area contributed by atoms with Gasteiger partial charge < -0.3 is 4.90 Å². The number of likely N-dealkylation sites (tertiary alicyclic amines) is 1.